The molecular weight excluding hydrogens is 336 g/mol. The van der Waals surface area contributed by atoms with Crippen LogP contribution in [0.15, 0.2) is 67.0 Å². The monoisotopic (exact) mass is 356 g/mol. The molecular formula is C22H20N4O. The zero-order chi connectivity index (χ0) is 18.2. The zero-order valence-corrected chi connectivity index (χ0v) is 14.9. The summed E-state index contributed by atoms with van der Waals surface area (Å²) in [5.74, 6) is 0.0914. The van der Waals surface area contributed by atoms with E-state index in [9.17, 15) is 4.79 Å². The summed E-state index contributed by atoms with van der Waals surface area (Å²) in [6.07, 6.45) is 4.53. The second kappa shape index (κ2) is 6.43. The SMILES string of the molecule is O=C(c1ccccc1Cn1cccn1)N1CCc2[nH]c3ccccc3c2C1. The summed E-state index contributed by atoms with van der Waals surface area (Å²) in [6, 6.07) is 18.1. The van der Waals surface area contributed by atoms with Crippen LogP contribution in [0.5, 0.6) is 0 Å². The van der Waals surface area contributed by atoms with Gasteiger partial charge < -0.3 is 9.88 Å². The predicted molar refractivity (Wildman–Crippen MR) is 105 cm³/mol. The van der Waals surface area contributed by atoms with Gasteiger partial charge in [0.15, 0.2) is 0 Å². The van der Waals surface area contributed by atoms with Crippen LogP contribution in [0.25, 0.3) is 10.9 Å². The standard InChI is InChI=1S/C22H20N4O/c27-22(17-7-2-1-6-16(17)14-26-12-5-11-23-26)25-13-10-21-19(15-25)18-8-3-4-9-20(18)24-21/h1-9,11-12,24H,10,13-15H2. The number of H-pyrrole nitrogens is 1. The highest BCUT2D eigenvalue weighted by atomic mass is 16.2. The molecule has 0 aliphatic carbocycles. The van der Waals surface area contributed by atoms with Crippen molar-refractivity contribution in [2.45, 2.75) is 19.5 Å². The number of hydrogen-bond acceptors (Lipinski definition) is 2. The molecule has 0 spiro atoms. The normalized spacial score (nSPS) is 13.7. The lowest BCUT2D eigenvalue weighted by Crippen LogP contribution is -2.36. The van der Waals surface area contributed by atoms with Crippen LogP contribution in [0.2, 0.25) is 0 Å². The van der Waals surface area contributed by atoms with E-state index in [1.165, 1.54) is 16.6 Å². The molecule has 0 saturated carbocycles. The number of benzene rings is 2. The van der Waals surface area contributed by atoms with Crippen LogP contribution in [0.1, 0.15) is 27.2 Å². The fraction of sp³-hybridized carbons (Fsp3) is 0.182. The summed E-state index contributed by atoms with van der Waals surface area (Å²) in [5, 5.41) is 5.49. The maximum absolute atomic E-state index is 13.3. The number of carbonyl (C=O) groups excluding carboxylic acids is 1. The van der Waals surface area contributed by atoms with E-state index in [4.69, 9.17) is 0 Å². The van der Waals surface area contributed by atoms with Gasteiger partial charge in [-0.05, 0) is 23.8 Å². The lowest BCUT2D eigenvalue weighted by atomic mass is 10.0. The van der Waals surface area contributed by atoms with Gasteiger partial charge in [-0.2, -0.15) is 5.10 Å². The van der Waals surface area contributed by atoms with Gasteiger partial charge in [-0.15, -0.1) is 0 Å². The summed E-state index contributed by atoms with van der Waals surface area (Å²) in [5.41, 5.74) is 5.41. The van der Waals surface area contributed by atoms with Gasteiger partial charge in [0.05, 0.1) is 6.54 Å². The van der Waals surface area contributed by atoms with Crippen molar-refractivity contribution in [2.24, 2.45) is 0 Å². The molecule has 1 aliphatic heterocycles. The van der Waals surface area contributed by atoms with Crippen molar-refractivity contribution in [1.82, 2.24) is 19.7 Å². The average molecular weight is 356 g/mol. The van der Waals surface area contributed by atoms with Gasteiger partial charge in [-0.25, -0.2) is 0 Å². The van der Waals surface area contributed by atoms with E-state index in [0.717, 1.165) is 29.6 Å². The van der Waals surface area contributed by atoms with Crippen molar-refractivity contribution < 1.29 is 4.79 Å². The van der Waals surface area contributed by atoms with Crippen LogP contribution in [-0.4, -0.2) is 32.1 Å². The van der Waals surface area contributed by atoms with E-state index in [1.807, 2.05) is 52.2 Å². The molecule has 1 N–H and O–H groups in total. The van der Waals surface area contributed by atoms with Crippen LogP contribution >= 0.6 is 0 Å². The third-order valence-electron chi connectivity index (χ3n) is 5.31. The minimum atomic E-state index is 0.0914. The molecule has 0 bridgehead atoms. The largest absolute Gasteiger partial charge is 0.358 e. The van der Waals surface area contributed by atoms with Crippen molar-refractivity contribution in [1.29, 1.82) is 0 Å². The summed E-state index contributed by atoms with van der Waals surface area (Å²) >= 11 is 0. The van der Waals surface area contributed by atoms with Crippen molar-refractivity contribution in [3.8, 4) is 0 Å². The Morgan fingerprint density at radius 1 is 1.07 bits per heavy atom. The van der Waals surface area contributed by atoms with Gasteiger partial charge >= 0.3 is 0 Å². The van der Waals surface area contributed by atoms with Crippen LogP contribution in [0.3, 0.4) is 0 Å². The Balaban J connectivity index is 1.45. The van der Waals surface area contributed by atoms with Gasteiger partial charge in [-0.3, -0.25) is 9.48 Å². The summed E-state index contributed by atoms with van der Waals surface area (Å²) < 4.78 is 1.85. The molecule has 2 aromatic heterocycles. The highest BCUT2D eigenvalue weighted by molar-refractivity contribution is 5.96. The molecule has 5 rings (SSSR count). The Morgan fingerprint density at radius 3 is 2.81 bits per heavy atom. The molecule has 0 atom stereocenters. The summed E-state index contributed by atoms with van der Waals surface area (Å²) in [4.78, 5) is 18.8. The molecule has 0 unspecified atom stereocenters. The van der Waals surface area contributed by atoms with Gasteiger partial charge in [-0.1, -0.05) is 36.4 Å². The number of nitrogens with one attached hydrogen (secondary N) is 1. The summed E-state index contributed by atoms with van der Waals surface area (Å²) in [6.45, 7) is 1.98. The van der Waals surface area contributed by atoms with E-state index in [2.05, 4.69) is 28.3 Å². The zero-order valence-electron chi connectivity index (χ0n) is 14.9. The Labute approximate surface area is 157 Å². The van der Waals surface area contributed by atoms with Gasteiger partial charge in [0.1, 0.15) is 0 Å². The second-order valence-electron chi connectivity index (χ2n) is 6.97. The maximum atomic E-state index is 13.3. The van der Waals surface area contributed by atoms with Crippen LogP contribution in [0, 0.1) is 0 Å². The molecule has 5 heteroatoms. The van der Waals surface area contributed by atoms with Crippen LogP contribution in [-0.2, 0) is 19.5 Å². The molecule has 2 aromatic carbocycles. The first-order valence-electron chi connectivity index (χ1n) is 9.22. The third kappa shape index (κ3) is 2.81. The first-order chi connectivity index (χ1) is 13.3. The Morgan fingerprint density at radius 2 is 1.93 bits per heavy atom. The fourth-order valence-corrected chi connectivity index (χ4v) is 3.95. The fourth-order valence-electron chi connectivity index (χ4n) is 3.95. The molecule has 0 saturated heterocycles. The number of carbonyl (C=O) groups is 1. The Hall–Kier alpha value is -3.34. The second-order valence-corrected chi connectivity index (χ2v) is 6.97. The van der Waals surface area contributed by atoms with Crippen LogP contribution in [0.4, 0.5) is 0 Å². The molecule has 134 valence electrons. The number of amides is 1. The van der Waals surface area contributed by atoms with Crippen LogP contribution < -0.4 is 0 Å². The van der Waals surface area contributed by atoms with Gasteiger partial charge in [0.25, 0.3) is 5.91 Å². The van der Waals surface area contributed by atoms with Gasteiger partial charge in [0.2, 0.25) is 0 Å². The molecule has 4 aromatic rings. The van der Waals surface area contributed by atoms with Crippen molar-refractivity contribution in [2.75, 3.05) is 6.54 Å². The molecule has 0 fully saturated rings. The smallest absolute Gasteiger partial charge is 0.254 e. The molecule has 27 heavy (non-hydrogen) atoms. The molecule has 1 amide bonds. The minimum Gasteiger partial charge on any atom is -0.358 e. The number of hydrogen-bond donors (Lipinski definition) is 1. The number of rotatable bonds is 3. The van der Waals surface area contributed by atoms with E-state index in [1.54, 1.807) is 6.20 Å². The van der Waals surface area contributed by atoms with E-state index < -0.39 is 0 Å². The third-order valence-corrected chi connectivity index (χ3v) is 5.31. The number of fused-ring (bicyclic) bond motifs is 3. The highest BCUT2D eigenvalue weighted by Crippen LogP contribution is 2.28. The topological polar surface area (TPSA) is 53.9 Å². The van der Waals surface area contributed by atoms with E-state index >= 15 is 0 Å². The predicted octanol–water partition coefficient (Wildman–Crippen LogP) is 3.61. The Kier molecular flexibility index (Phi) is 3.78. The first-order valence-corrected chi connectivity index (χ1v) is 9.22. The number of aromatic nitrogens is 3. The maximum Gasteiger partial charge on any atom is 0.254 e. The number of aromatic amines is 1. The quantitative estimate of drug-likeness (QED) is 0.610. The average Bonchev–Trinajstić information content (AvgIpc) is 3.35. The first kappa shape index (κ1) is 15.9. The highest BCUT2D eigenvalue weighted by Gasteiger charge is 2.25. The van der Waals surface area contributed by atoms with E-state index in [0.29, 0.717) is 13.1 Å². The minimum absolute atomic E-state index is 0.0914. The van der Waals surface area contributed by atoms with Crippen molar-refractivity contribution >= 4 is 16.8 Å². The van der Waals surface area contributed by atoms with Crippen molar-refractivity contribution in [3.63, 3.8) is 0 Å². The number of para-hydroxylation sites is 1. The lowest BCUT2D eigenvalue weighted by Gasteiger charge is -2.28. The molecule has 3 heterocycles. The van der Waals surface area contributed by atoms with E-state index in [-0.39, 0.29) is 5.91 Å². The molecule has 1 aliphatic rings. The van der Waals surface area contributed by atoms with Crippen molar-refractivity contribution in [3.05, 3.63) is 89.4 Å². The summed E-state index contributed by atoms with van der Waals surface area (Å²) in [7, 11) is 0. The lowest BCUT2D eigenvalue weighted by molar-refractivity contribution is 0.0734. The Bertz CT molecular complexity index is 1110. The molecule has 5 nitrogen and oxygen atoms in total. The molecule has 0 radical (unpaired) electrons. The number of nitrogens with zero attached hydrogens (tertiary/aromatic N) is 3. The van der Waals surface area contributed by atoms with Gasteiger partial charge in [0, 0.05) is 59.6 Å².